The number of hydrogen-bond acceptors (Lipinski definition) is 1. The van der Waals surface area contributed by atoms with E-state index in [2.05, 4.69) is 0 Å². The first-order valence-electron chi connectivity index (χ1n) is 4.49. The van der Waals surface area contributed by atoms with Crippen LogP contribution in [0.2, 0.25) is 0 Å². The monoisotopic (exact) mass is 196 g/mol. The van der Waals surface area contributed by atoms with Crippen LogP contribution >= 0.6 is 0 Å². The molecule has 2 rings (SSSR count). The molecular weight excluding hydrogens is 186 g/mol. The van der Waals surface area contributed by atoms with E-state index in [1.165, 1.54) is 6.92 Å². The second-order valence-electron chi connectivity index (χ2n) is 3.70. The van der Waals surface area contributed by atoms with Crippen LogP contribution in [-0.2, 0) is 0 Å². The highest BCUT2D eigenvalue weighted by molar-refractivity contribution is 5.94. The number of Topliss-reactive ketones (excluding diaryl/α,β-unsaturated/α-hetero) is 1. The van der Waals surface area contributed by atoms with Gasteiger partial charge >= 0.3 is 0 Å². The molecule has 3 heteroatoms. The molecule has 1 aliphatic carbocycles. The highest BCUT2D eigenvalue weighted by atomic mass is 19.3. The minimum atomic E-state index is -2.53. The van der Waals surface area contributed by atoms with E-state index in [0.29, 0.717) is 11.1 Å². The number of hydrogen-bond donors (Lipinski definition) is 0. The normalized spacial score (nSPS) is 23.2. The molecule has 1 aliphatic rings. The van der Waals surface area contributed by atoms with Gasteiger partial charge in [0.1, 0.15) is 0 Å². The largest absolute Gasteiger partial charge is 0.295 e. The Labute approximate surface area is 80.7 Å². The van der Waals surface area contributed by atoms with Crippen LogP contribution in [0.15, 0.2) is 24.3 Å². The smallest absolute Gasteiger partial charge is 0.255 e. The zero-order valence-corrected chi connectivity index (χ0v) is 7.76. The fraction of sp³-hybridized carbons (Fsp3) is 0.364. The maximum atomic E-state index is 12.7. The van der Waals surface area contributed by atoms with Gasteiger partial charge in [0, 0.05) is 12.0 Å². The molecule has 1 nitrogen and oxygen atoms in total. The molecule has 0 aliphatic heterocycles. The van der Waals surface area contributed by atoms with Gasteiger partial charge < -0.3 is 0 Å². The molecule has 0 aromatic heterocycles. The topological polar surface area (TPSA) is 17.1 Å². The summed E-state index contributed by atoms with van der Waals surface area (Å²) in [5.74, 6) is -3.21. The van der Waals surface area contributed by atoms with Crippen molar-refractivity contribution in [2.24, 2.45) is 0 Å². The lowest BCUT2D eigenvalue weighted by atomic mass is 10.1. The number of benzene rings is 1. The molecule has 0 radical (unpaired) electrons. The summed E-state index contributed by atoms with van der Waals surface area (Å²) in [5.41, 5.74) is 1.19. The molecule has 0 spiro atoms. The first-order chi connectivity index (χ1) is 6.50. The van der Waals surface area contributed by atoms with Gasteiger partial charge in [0.25, 0.3) is 5.92 Å². The van der Waals surface area contributed by atoms with Crippen LogP contribution in [0.3, 0.4) is 0 Å². The van der Waals surface area contributed by atoms with Gasteiger partial charge in [-0.1, -0.05) is 24.3 Å². The van der Waals surface area contributed by atoms with Gasteiger partial charge in [0.05, 0.1) is 5.92 Å². The summed E-state index contributed by atoms with van der Waals surface area (Å²) in [6, 6.07) is 6.43. The van der Waals surface area contributed by atoms with Crippen molar-refractivity contribution in [1.29, 1.82) is 0 Å². The third-order valence-electron chi connectivity index (χ3n) is 2.55. The number of carbonyl (C=O) groups excluding carboxylic acids is 1. The van der Waals surface area contributed by atoms with Crippen molar-refractivity contribution in [3.63, 3.8) is 0 Å². The molecule has 0 bridgehead atoms. The number of alkyl halides is 2. The second kappa shape index (κ2) is 2.87. The van der Waals surface area contributed by atoms with E-state index < -0.39 is 11.8 Å². The summed E-state index contributed by atoms with van der Waals surface area (Å²) in [6.45, 7) is 1.46. The highest BCUT2D eigenvalue weighted by Gasteiger charge is 2.57. The van der Waals surface area contributed by atoms with E-state index in [-0.39, 0.29) is 12.2 Å². The van der Waals surface area contributed by atoms with E-state index in [0.717, 1.165) is 0 Å². The van der Waals surface area contributed by atoms with Crippen LogP contribution in [0.25, 0.3) is 0 Å². The van der Waals surface area contributed by atoms with Gasteiger partial charge in [-0.15, -0.1) is 0 Å². The third-order valence-corrected chi connectivity index (χ3v) is 2.55. The quantitative estimate of drug-likeness (QED) is 0.664. The van der Waals surface area contributed by atoms with E-state index in [4.69, 9.17) is 0 Å². The second-order valence-corrected chi connectivity index (χ2v) is 3.70. The summed E-state index contributed by atoms with van der Waals surface area (Å²) in [6.07, 6.45) is -0.0631. The zero-order chi connectivity index (χ0) is 10.3. The molecule has 1 atom stereocenters. The molecule has 1 unspecified atom stereocenters. The predicted octanol–water partition coefficient (Wildman–Crippen LogP) is 3.01. The Morgan fingerprint density at radius 1 is 1.36 bits per heavy atom. The predicted molar refractivity (Wildman–Crippen MR) is 48.8 cm³/mol. The summed E-state index contributed by atoms with van der Waals surface area (Å²) in [5, 5.41) is 0. The fourth-order valence-corrected chi connectivity index (χ4v) is 1.53. The molecular formula is C11H10F2O. The first kappa shape index (κ1) is 9.31. The number of ketones is 1. The standard InChI is InChI=1S/C11H10F2O/c1-7(14)8-2-4-9(5-3-8)10-6-11(10,12)13/h2-5,10H,6H2,1H3. The molecule has 0 amide bonds. The van der Waals surface area contributed by atoms with E-state index in [1.54, 1.807) is 24.3 Å². The Hall–Kier alpha value is -1.25. The minimum Gasteiger partial charge on any atom is -0.295 e. The number of rotatable bonds is 2. The molecule has 0 N–H and O–H groups in total. The Balaban J connectivity index is 2.20. The van der Waals surface area contributed by atoms with Crippen molar-refractivity contribution in [3.05, 3.63) is 35.4 Å². The van der Waals surface area contributed by atoms with Crippen LogP contribution in [-0.4, -0.2) is 11.7 Å². The van der Waals surface area contributed by atoms with E-state index in [9.17, 15) is 13.6 Å². The van der Waals surface area contributed by atoms with Crippen LogP contribution in [0, 0.1) is 0 Å². The lowest BCUT2D eigenvalue weighted by Crippen LogP contribution is -1.95. The minimum absolute atomic E-state index is 0.0425. The molecule has 0 saturated heterocycles. The Kier molecular flexibility index (Phi) is 1.91. The maximum absolute atomic E-state index is 12.7. The van der Waals surface area contributed by atoms with Crippen LogP contribution < -0.4 is 0 Å². The maximum Gasteiger partial charge on any atom is 0.255 e. The molecule has 0 heterocycles. The summed E-state index contributed by atoms with van der Waals surface area (Å²) >= 11 is 0. The highest BCUT2D eigenvalue weighted by Crippen LogP contribution is 2.55. The van der Waals surface area contributed by atoms with Crippen molar-refractivity contribution in [2.45, 2.75) is 25.2 Å². The van der Waals surface area contributed by atoms with Crippen molar-refractivity contribution >= 4 is 5.78 Å². The average molecular weight is 196 g/mol. The van der Waals surface area contributed by atoms with Gasteiger partial charge in [0.15, 0.2) is 5.78 Å². The van der Waals surface area contributed by atoms with Gasteiger partial charge in [-0.2, -0.15) is 0 Å². The Morgan fingerprint density at radius 3 is 2.21 bits per heavy atom. The first-order valence-corrected chi connectivity index (χ1v) is 4.49. The van der Waals surface area contributed by atoms with Gasteiger partial charge in [-0.05, 0) is 12.5 Å². The van der Waals surface area contributed by atoms with Crippen molar-refractivity contribution in [1.82, 2.24) is 0 Å². The lowest BCUT2D eigenvalue weighted by molar-refractivity contribution is 0.101. The van der Waals surface area contributed by atoms with E-state index in [1.807, 2.05) is 0 Å². The van der Waals surface area contributed by atoms with Gasteiger partial charge in [0.2, 0.25) is 0 Å². The van der Waals surface area contributed by atoms with Crippen molar-refractivity contribution < 1.29 is 13.6 Å². The Morgan fingerprint density at radius 2 is 1.86 bits per heavy atom. The summed E-state index contributed by atoms with van der Waals surface area (Å²) < 4.78 is 25.3. The molecule has 1 fully saturated rings. The summed E-state index contributed by atoms with van der Waals surface area (Å²) in [4.78, 5) is 10.9. The SMILES string of the molecule is CC(=O)c1ccc(C2CC2(F)F)cc1. The Bertz CT molecular complexity index is 367. The van der Waals surface area contributed by atoms with Crippen molar-refractivity contribution in [2.75, 3.05) is 0 Å². The van der Waals surface area contributed by atoms with Crippen LogP contribution in [0.1, 0.15) is 35.2 Å². The van der Waals surface area contributed by atoms with Gasteiger partial charge in [-0.25, -0.2) is 8.78 Å². The molecule has 1 aromatic rings. The van der Waals surface area contributed by atoms with E-state index >= 15 is 0 Å². The zero-order valence-electron chi connectivity index (χ0n) is 7.76. The van der Waals surface area contributed by atoms with Crippen LogP contribution in [0.4, 0.5) is 8.78 Å². The number of carbonyl (C=O) groups is 1. The fourth-order valence-electron chi connectivity index (χ4n) is 1.53. The third kappa shape index (κ3) is 1.54. The van der Waals surface area contributed by atoms with Crippen molar-refractivity contribution in [3.8, 4) is 0 Å². The number of halogens is 2. The summed E-state index contributed by atoms with van der Waals surface area (Å²) in [7, 11) is 0. The lowest BCUT2D eigenvalue weighted by Gasteiger charge is -2.00. The average Bonchev–Trinajstić information content (AvgIpc) is 2.75. The molecule has 1 saturated carbocycles. The van der Waals surface area contributed by atoms with Gasteiger partial charge in [-0.3, -0.25) is 4.79 Å². The van der Waals surface area contributed by atoms with Crippen LogP contribution in [0.5, 0.6) is 0 Å². The molecule has 14 heavy (non-hydrogen) atoms. The molecule has 74 valence electrons. The molecule has 1 aromatic carbocycles.